The standard InChI is InChI=1S/C17H19F2N3O3.C16H18FN3O3/c1-3-21-8-11(17(24)25)16(23)10-6-12(18)15(13(19)14(10)21)22-5-4-20-9(2)7-22;1-2-19-9-11(16(22)23)15(21)10-7-12(17)14(8-13(10)19)20-5-3-18-4-6-20/h6,8-9,20H,3-5,7H2,1-2H3,(H,24,25);7-9,18H,2-6H2,1H3,(H,22,23). The van der Waals surface area contributed by atoms with Crippen LogP contribution in [0.5, 0.6) is 0 Å². The molecular formula is C33H37F3N6O6. The third kappa shape index (κ3) is 6.47. The van der Waals surface area contributed by atoms with Crippen molar-refractivity contribution in [3.05, 3.63) is 79.6 Å². The Morgan fingerprint density at radius 2 is 1.38 bits per heavy atom. The van der Waals surface area contributed by atoms with E-state index in [1.807, 2.05) is 18.7 Å². The van der Waals surface area contributed by atoms with Crippen molar-refractivity contribution in [3.8, 4) is 0 Å². The summed E-state index contributed by atoms with van der Waals surface area (Å²) in [6.45, 7) is 10.6. The van der Waals surface area contributed by atoms with Gasteiger partial charge in [0, 0.05) is 82.7 Å². The predicted octanol–water partition coefficient (Wildman–Crippen LogP) is 3.06. The van der Waals surface area contributed by atoms with Crippen LogP contribution in [0.25, 0.3) is 21.8 Å². The predicted molar refractivity (Wildman–Crippen MR) is 176 cm³/mol. The minimum absolute atomic E-state index is 0.0694. The second-order valence-corrected chi connectivity index (χ2v) is 11.7. The fourth-order valence-corrected chi connectivity index (χ4v) is 6.27. The maximum Gasteiger partial charge on any atom is 0.341 e. The molecule has 256 valence electrons. The van der Waals surface area contributed by atoms with Crippen LogP contribution in [0.3, 0.4) is 0 Å². The number of aromatic carboxylic acids is 2. The first-order chi connectivity index (χ1) is 22.9. The number of piperazine rings is 2. The van der Waals surface area contributed by atoms with Gasteiger partial charge in [-0.2, -0.15) is 0 Å². The van der Waals surface area contributed by atoms with E-state index in [1.54, 1.807) is 22.5 Å². The van der Waals surface area contributed by atoms with Gasteiger partial charge in [0.05, 0.1) is 22.1 Å². The monoisotopic (exact) mass is 670 g/mol. The number of aromatic nitrogens is 2. The van der Waals surface area contributed by atoms with Gasteiger partial charge < -0.3 is 39.8 Å². The van der Waals surface area contributed by atoms with Crippen LogP contribution < -0.4 is 31.3 Å². The van der Waals surface area contributed by atoms with E-state index in [1.165, 1.54) is 10.8 Å². The molecule has 12 nitrogen and oxygen atoms in total. The second kappa shape index (κ2) is 14.1. The summed E-state index contributed by atoms with van der Waals surface area (Å²) in [6, 6.07) is 3.83. The van der Waals surface area contributed by atoms with Crippen molar-refractivity contribution in [1.82, 2.24) is 19.8 Å². The summed E-state index contributed by atoms with van der Waals surface area (Å²) in [6.07, 6.45) is 2.44. The number of pyridine rings is 2. The lowest BCUT2D eigenvalue weighted by molar-refractivity contribution is 0.0684. The van der Waals surface area contributed by atoms with Gasteiger partial charge in [-0.1, -0.05) is 0 Å². The van der Waals surface area contributed by atoms with Gasteiger partial charge in [-0.05, 0) is 39.0 Å². The Morgan fingerprint density at radius 1 is 0.812 bits per heavy atom. The molecule has 15 heteroatoms. The van der Waals surface area contributed by atoms with E-state index in [2.05, 4.69) is 10.6 Å². The molecule has 48 heavy (non-hydrogen) atoms. The molecular weight excluding hydrogens is 633 g/mol. The Balaban J connectivity index is 0.000000188. The maximum atomic E-state index is 15.2. The van der Waals surface area contributed by atoms with Crippen molar-refractivity contribution in [2.24, 2.45) is 0 Å². The fourth-order valence-electron chi connectivity index (χ4n) is 6.27. The van der Waals surface area contributed by atoms with Gasteiger partial charge in [-0.25, -0.2) is 22.8 Å². The maximum absolute atomic E-state index is 15.2. The van der Waals surface area contributed by atoms with Gasteiger partial charge in [-0.3, -0.25) is 9.59 Å². The number of carboxylic acid groups (broad SMARTS) is 2. The molecule has 0 amide bonds. The number of anilines is 2. The van der Waals surface area contributed by atoms with Crippen LogP contribution in [0.4, 0.5) is 24.5 Å². The molecule has 2 fully saturated rings. The summed E-state index contributed by atoms with van der Waals surface area (Å²) in [7, 11) is 0. The average Bonchev–Trinajstić information content (AvgIpc) is 3.06. The fraction of sp³-hybridized carbons (Fsp3) is 0.394. The van der Waals surface area contributed by atoms with E-state index in [0.29, 0.717) is 50.5 Å². The van der Waals surface area contributed by atoms with E-state index in [-0.39, 0.29) is 40.1 Å². The zero-order valence-corrected chi connectivity index (χ0v) is 26.8. The van der Waals surface area contributed by atoms with Crippen molar-refractivity contribution in [2.75, 3.05) is 55.6 Å². The van der Waals surface area contributed by atoms with E-state index >= 15 is 4.39 Å². The molecule has 6 rings (SSSR count). The molecule has 4 aromatic rings. The minimum atomic E-state index is -1.42. The molecule has 0 aliphatic carbocycles. The molecule has 2 saturated heterocycles. The highest BCUT2D eigenvalue weighted by Crippen LogP contribution is 2.31. The molecule has 4 heterocycles. The van der Waals surface area contributed by atoms with Gasteiger partial charge in [0.2, 0.25) is 10.9 Å². The Labute approximate surface area is 273 Å². The normalized spacial score (nSPS) is 16.6. The number of halogens is 3. The number of fused-ring (bicyclic) bond motifs is 2. The molecule has 1 atom stereocenters. The Kier molecular flexibility index (Phi) is 10.1. The van der Waals surface area contributed by atoms with Crippen LogP contribution in [0.15, 0.2) is 40.2 Å². The van der Waals surface area contributed by atoms with Gasteiger partial charge in [0.25, 0.3) is 0 Å². The number of rotatable bonds is 6. The third-order valence-electron chi connectivity index (χ3n) is 8.66. The van der Waals surface area contributed by atoms with Crippen LogP contribution in [0, 0.1) is 17.5 Å². The number of hydrogen-bond acceptors (Lipinski definition) is 8. The number of hydrogen-bond donors (Lipinski definition) is 4. The molecule has 1 unspecified atom stereocenters. The number of nitrogens with zero attached hydrogens (tertiary/aromatic N) is 4. The van der Waals surface area contributed by atoms with E-state index in [0.717, 1.165) is 31.4 Å². The molecule has 0 radical (unpaired) electrons. The smallest absolute Gasteiger partial charge is 0.341 e. The van der Waals surface area contributed by atoms with Crippen molar-refractivity contribution >= 4 is 45.1 Å². The van der Waals surface area contributed by atoms with E-state index in [4.69, 9.17) is 10.2 Å². The number of nitrogens with one attached hydrogen (secondary N) is 2. The molecule has 2 aromatic heterocycles. The lowest BCUT2D eigenvalue weighted by Gasteiger charge is -2.34. The zero-order chi connectivity index (χ0) is 34.9. The summed E-state index contributed by atoms with van der Waals surface area (Å²) >= 11 is 0. The van der Waals surface area contributed by atoms with Gasteiger partial charge in [-0.15, -0.1) is 0 Å². The van der Waals surface area contributed by atoms with Crippen molar-refractivity contribution < 1.29 is 33.0 Å². The first-order valence-corrected chi connectivity index (χ1v) is 15.7. The highest BCUT2D eigenvalue weighted by Gasteiger charge is 2.27. The van der Waals surface area contributed by atoms with Gasteiger partial charge in [0.15, 0.2) is 5.82 Å². The van der Waals surface area contributed by atoms with Gasteiger partial charge >= 0.3 is 11.9 Å². The van der Waals surface area contributed by atoms with Crippen molar-refractivity contribution in [2.45, 2.75) is 39.9 Å². The van der Waals surface area contributed by atoms with Crippen LogP contribution in [0.2, 0.25) is 0 Å². The minimum Gasteiger partial charge on any atom is -0.477 e. The second-order valence-electron chi connectivity index (χ2n) is 11.7. The SMILES string of the molecule is CCn1cc(C(=O)O)c(=O)c2cc(F)c(N3CCNC(C)C3)c(F)c21.CCn1cc(C(=O)O)c(=O)c2cc(F)c(N3CCNCC3)cc21. The number of carboxylic acids is 2. The van der Waals surface area contributed by atoms with Crippen LogP contribution in [0.1, 0.15) is 41.5 Å². The molecule has 0 bridgehead atoms. The first kappa shape index (κ1) is 34.4. The van der Waals surface area contributed by atoms with Gasteiger partial charge in [0.1, 0.15) is 28.4 Å². The molecule has 2 aromatic carbocycles. The summed E-state index contributed by atoms with van der Waals surface area (Å²) in [5.74, 6) is -4.91. The van der Waals surface area contributed by atoms with E-state index in [9.17, 15) is 28.0 Å². The molecule has 0 spiro atoms. The molecule has 0 saturated carbocycles. The topological polar surface area (TPSA) is 149 Å². The number of aryl methyl sites for hydroxylation is 2. The van der Waals surface area contributed by atoms with Crippen LogP contribution >= 0.6 is 0 Å². The zero-order valence-electron chi connectivity index (χ0n) is 26.8. The van der Waals surface area contributed by atoms with Crippen LogP contribution in [-0.4, -0.2) is 83.1 Å². The summed E-state index contributed by atoms with van der Waals surface area (Å²) < 4.78 is 47.3. The quantitative estimate of drug-likeness (QED) is 0.241. The molecule has 2 aliphatic rings. The summed E-state index contributed by atoms with van der Waals surface area (Å²) in [4.78, 5) is 50.6. The van der Waals surface area contributed by atoms with Crippen molar-refractivity contribution in [3.63, 3.8) is 0 Å². The van der Waals surface area contributed by atoms with E-state index < -0.39 is 45.8 Å². The number of benzene rings is 2. The Hall–Kier alpha value is -4.89. The first-order valence-electron chi connectivity index (χ1n) is 15.7. The molecule has 2 aliphatic heterocycles. The summed E-state index contributed by atoms with van der Waals surface area (Å²) in [5.41, 5.74) is -1.62. The Morgan fingerprint density at radius 3 is 1.96 bits per heavy atom. The lowest BCUT2D eigenvalue weighted by atomic mass is 10.1. The molecule has 4 N–H and O–H groups in total. The Bertz CT molecular complexity index is 2020. The largest absolute Gasteiger partial charge is 0.477 e. The van der Waals surface area contributed by atoms with Crippen LogP contribution in [-0.2, 0) is 13.1 Å². The summed E-state index contributed by atoms with van der Waals surface area (Å²) in [5, 5.41) is 24.6. The average molecular weight is 671 g/mol. The van der Waals surface area contributed by atoms with Crippen molar-refractivity contribution in [1.29, 1.82) is 0 Å². The highest BCUT2D eigenvalue weighted by molar-refractivity contribution is 5.94. The lowest BCUT2D eigenvalue weighted by Crippen LogP contribution is -2.49. The number of carbonyl (C=O) groups is 2. The highest BCUT2D eigenvalue weighted by atomic mass is 19.1. The third-order valence-corrected chi connectivity index (χ3v) is 8.66.